The van der Waals surface area contributed by atoms with E-state index in [-0.39, 0.29) is 24.4 Å². The molecule has 29 heavy (non-hydrogen) atoms. The fourth-order valence-electron chi connectivity index (χ4n) is 3.54. The van der Waals surface area contributed by atoms with E-state index >= 15 is 0 Å². The summed E-state index contributed by atoms with van der Waals surface area (Å²) in [5.41, 5.74) is 0.743. The van der Waals surface area contributed by atoms with E-state index in [1.165, 1.54) is 29.9 Å². The van der Waals surface area contributed by atoms with Crippen LogP contribution in [0.5, 0.6) is 0 Å². The number of rotatable bonds is 4. The van der Waals surface area contributed by atoms with E-state index in [9.17, 15) is 18.8 Å². The number of likely N-dealkylation sites (N-methyl/N-ethyl adjacent to an activating group) is 1. The molecule has 9 nitrogen and oxygen atoms in total. The smallest absolute Gasteiger partial charge is 0.416 e. The number of ether oxygens (including phenoxy) is 2. The molecule has 158 valence electrons. The molecule has 10 heteroatoms. The number of cyclic esters (lactones) is 1. The van der Waals surface area contributed by atoms with Crippen LogP contribution in [0, 0.1) is 11.7 Å². The fourth-order valence-corrected chi connectivity index (χ4v) is 3.54. The molecule has 2 fully saturated rings. The SMILES string of the molecule is COC(=O)N[C@H]1CN(c2ccc(N3CC(N(C)C(C)=O)OC3=O)cc2F)C[C@H]1C. The number of anilines is 2. The monoisotopic (exact) mass is 408 g/mol. The summed E-state index contributed by atoms with van der Waals surface area (Å²) >= 11 is 0. The van der Waals surface area contributed by atoms with Gasteiger partial charge in [-0.05, 0) is 24.1 Å². The molecule has 0 aromatic heterocycles. The summed E-state index contributed by atoms with van der Waals surface area (Å²) in [6, 6.07) is 4.37. The molecule has 0 saturated carbocycles. The molecule has 2 heterocycles. The summed E-state index contributed by atoms with van der Waals surface area (Å²) in [6.07, 6.45) is -1.86. The van der Waals surface area contributed by atoms with Crippen molar-refractivity contribution in [2.24, 2.45) is 5.92 Å². The van der Waals surface area contributed by atoms with E-state index in [4.69, 9.17) is 4.74 Å². The molecule has 1 aromatic carbocycles. The Morgan fingerprint density at radius 1 is 1.31 bits per heavy atom. The zero-order chi connectivity index (χ0) is 21.3. The number of carbonyl (C=O) groups is 3. The number of amides is 3. The molecule has 3 rings (SSSR count). The molecule has 0 radical (unpaired) electrons. The van der Waals surface area contributed by atoms with Gasteiger partial charge in [0.1, 0.15) is 5.82 Å². The van der Waals surface area contributed by atoms with Crippen LogP contribution >= 0.6 is 0 Å². The molecular weight excluding hydrogens is 383 g/mol. The van der Waals surface area contributed by atoms with Crippen LogP contribution in [-0.2, 0) is 14.3 Å². The first-order chi connectivity index (χ1) is 13.7. The van der Waals surface area contributed by atoms with E-state index in [0.29, 0.717) is 24.5 Å². The van der Waals surface area contributed by atoms with Crippen LogP contribution in [0.15, 0.2) is 18.2 Å². The average molecular weight is 408 g/mol. The van der Waals surface area contributed by atoms with Gasteiger partial charge in [0.15, 0.2) is 6.23 Å². The quantitative estimate of drug-likeness (QED) is 0.817. The minimum atomic E-state index is -0.715. The molecule has 2 aliphatic rings. The third-order valence-electron chi connectivity index (χ3n) is 5.41. The Bertz CT molecular complexity index is 820. The highest BCUT2D eigenvalue weighted by molar-refractivity contribution is 5.90. The lowest BCUT2D eigenvalue weighted by atomic mass is 10.1. The van der Waals surface area contributed by atoms with Gasteiger partial charge in [-0.25, -0.2) is 14.0 Å². The lowest BCUT2D eigenvalue weighted by molar-refractivity contribution is -0.134. The third kappa shape index (κ3) is 4.20. The number of nitrogens with zero attached hydrogens (tertiary/aromatic N) is 3. The Balaban J connectivity index is 1.72. The second kappa shape index (κ2) is 8.14. The van der Waals surface area contributed by atoms with Crippen molar-refractivity contribution in [1.82, 2.24) is 10.2 Å². The van der Waals surface area contributed by atoms with E-state index in [1.54, 1.807) is 19.2 Å². The predicted octanol–water partition coefficient (Wildman–Crippen LogP) is 1.77. The molecule has 2 saturated heterocycles. The lowest BCUT2D eigenvalue weighted by Gasteiger charge is -2.22. The normalized spacial score (nSPS) is 23.8. The Kier molecular flexibility index (Phi) is 5.81. The zero-order valence-corrected chi connectivity index (χ0v) is 16.8. The van der Waals surface area contributed by atoms with Crippen LogP contribution in [-0.4, -0.2) is 69.1 Å². The topological polar surface area (TPSA) is 91.4 Å². The van der Waals surface area contributed by atoms with Crippen LogP contribution < -0.4 is 15.1 Å². The summed E-state index contributed by atoms with van der Waals surface area (Å²) in [4.78, 5) is 39.6. The molecule has 1 unspecified atom stereocenters. The fraction of sp³-hybridized carbons (Fsp3) is 0.526. The maximum atomic E-state index is 14.9. The third-order valence-corrected chi connectivity index (χ3v) is 5.41. The van der Waals surface area contributed by atoms with Crippen LogP contribution in [0.2, 0.25) is 0 Å². The van der Waals surface area contributed by atoms with Crippen molar-refractivity contribution in [2.75, 3.05) is 43.6 Å². The highest BCUT2D eigenvalue weighted by atomic mass is 19.1. The molecule has 1 N–H and O–H groups in total. The van der Waals surface area contributed by atoms with Crippen molar-refractivity contribution < 1.29 is 28.2 Å². The van der Waals surface area contributed by atoms with E-state index in [0.717, 1.165) is 0 Å². The average Bonchev–Trinajstić information content (AvgIpc) is 3.23. The van der Waals surface area contributed by atoms with Gasteiger partial charge in [-0.15, -0.1) is 0 Å². The van der Waals surface area contributed by atoms with Crippen molar-refractivity contribution in [3.05, 3.63) is 24.0 Å². The van der Waals surface area contributed by atoms with Crippen LogP contribution in [0.3, 0.4) is 0 Å². The van der Waals surface area contributed by atoms with Gasteiger partial charge in [0.2, 0.25) is 5.91 Å². The van der Waals surface area contributed by atoms with Crippen molar-refractivity contribution in [3.63, 3.8) is 0 Å². The summed E-state index contributed by atoms with van der Waals surface area (Å²) in [5.74, 6) is -0.598. The van der Waals surface area contributed by atoms with Crippen LogP contribution in [0.4, 0.5) is 25.4 Å². The number of halogens is 1. The van der Waals surface area contributed by atoms with E-state index < -0.39 is 24.2 Å². The maximum absolute atomic E-state index is 14.9. The number of carbonyl (C=O) groups excluding carboxylic acids is 3. The zero-order valence-electron chi connectivity index (χ0n) is 16.8. The number of hydrogen-bond acceptors (Lipinski definition) is 6. The Morgan fingerprint density at radius 2 is 2.03 bits per heavy atom. The predicted molar refractivity (Wildman–Crippen MR) is 103 cm³/mol. The second-order valence-electron chi connectivity index (χ2n) is 7.34. The highest BCUT2D eigenvalue weighted by Gasteiger charge is 2.37. The minimum Gasteiger partial charge on any atom is -0.453 e. The van der Waals surface area contributed by atoms with Crippen LogP contribution in [0.1, 0.15) is 13.8 Å². The lowest BCUT2D eigenvalue weighted by Crippen LogP contribution is -2.39. The standard InChI is InChI=1S/C19H25FN4O5/c1-11-8-23(9-15(11)21-18(26)28-4)16-6-5-13(7-14(16)20)24-10-17(29-19(24)27)22(3)12(2)25/h5-7,11,15,17H,8-10H2,1-4H3,(H,21,26)/t11-,15+,17?/m1/s1. The first kappa shape index (κ1) is 20.7. The Labute approximate surface area is 168 Å². The van der Waals surface area contributed by atoms with Gasteiger partial charge in [-0.1, -0.05) is 6.92 Å². The molecule has 3 amide bonds. The van der Waals surface area contributed by atoms with Gasteiger partial charge in [0.25, 0.3) is 0 Å². The number of hydrogen-bond donors (Lipinski definition) is 1. The van der Waals surface area contributed by atoms with Crippen molar-refractivity contribution >= 4 is 29.5 Å². The highest BCUT2D eigenvalue weighted by Crippen LogP contribution is 2.31. The van der Waals surface area contributed by atoms with Gasteiger partial charge < -0.3 is 24.6 Å². The van der Waals surface area contributed by atoms with Crippen LogP contribution in [0.25, 0.3) is 0 Å². The first-order valence-electron chi connectivity index (χ1n) is 9.31. The summed E-state index contributed by atoms with van der Waals surface area (Å²) in [7, 11) is 2.84. The van der Waals surface area contributed by atoms with Gasteiger partial charge in [0, 0.05) is 27.1 Å². The summed E-state index contributed by atoms with van der Waals surface area (Å²) in [6.45, 7) is 4.49. The Hall–Kier alpha value is -3.04. The molecule has 3 atom stereocenters. The van der Waals surface area contributed by atoms with Gasteiger partial charge in [-0.2, -0.15) is 0 Å². The number of methoxy groups -OCH3 is 1. The van der Waals surface area contributed by atoms with Gasteiger partial charge >= 0.3 is 12.2 Å². The minimum absolute atomic E-state index is 0.115. The largest absolute Gasteiger partial charge is 0.453 e. The molecule has 2 aliphatic heterocycles. The number of alkyl carbamates (subject to hydrolysis) is 1. The van der Waals surface area contributed by atoms with E-state index in [2.05, 4.69) is 10.1 Å². The number of nitrogens with one attached hydrogen (secondary N) is 1. The molecule has 0 aliphatic carbocycles. The van der Waals surface area contributed by atoms with Gasteiger partial charge in [0.05, 0.1) is 31.1 Å². The molecule has 1 aromatic rings. The maximum Gasteiger partial charge on any atom is 0.416 e. The number of benzene rings is 1. The summed E-state index contributed by atoms with van der Waals surface area (Å²) < 4.78 is 24.7. The second-order valence-corrected chi connectivity index (χ2v) is 7.34. The van der Waals surface area contributed by atoms with Crippen molar-refractivity contribution in [2.45, 2.75) is 26.1 Å². The Morgan fingerprint density at radius 3 is 2.66 bits per heavy atom. The van der Waals surface area contributed by atoms with Crippen molar-refractivity contribution in [1.29, 1.82) is 0 Å². The molecule has 0 spiro atoms. The van der Waals surface area contributed by atoms with Gasteiger partial charge in [-0.3, -0.25) is 9.69 Å². The first-order valence-corrected chi connectivity index (χ1v) is 9.31. The molecular formula is C19H25FN4O5. The van der Waals surface area contributed by atoms with Crippen molar-refractivity contribution in [3.8, 4) is 0 Å². The molecule has 0 bridgehead atoms. The summed E-state index contributed by atoms with van der Waals surface area (Å²) in [5, 5.41) is 2.76. The van der Waals surface area contributed by atoms with E-state index in [1.807, 2.05) is 11.8 Å².